The second-order valence-electron chi connectivity index (χ2n) is 7.87. The zero-order valence-electron chi connectivity index (χ0n) is 16.0. The van der Waals surface area contributed by atoms with Gasteiger partial charge >= 0.3 is 0 Å². The molecule has 6 nitrogen and oxygen atoms in total. The summed E-state index contributed by atoms with van der Waals surface area (Å²) in [6.07, 6.45) is 6.86. The van der Waals surface area contributed by atoms with Crippen LogP contribution in [0.5, 0.6) is 5.75 Å². The van der Waals surface area contributed by atoms with Gasteiger partial charge in [-0.3, -0.25) is 14.5 Å². The van der Waals surface area contributed by atoms with Crippen molar-refractivity contribution in [2.45, 2.75) is 45.1 Å². The Morgan fingerprint density at radius 2 is 1.85 bits per heavy atom. The van der Waals surface area contributed by atoms with Crippen LogP contribution in [0.1, 0.15) is 44.1 Å². The number of piperidine rings is 1. The summed E-state index contributed by atoms with van der Waals surface area (Å²) in [4.78, 5) is 25.4. The molecular formula is C21H31N3O3. The van der Waals surface area contributed by atoms with E-state index >= 15 is 0 Å². The Morgan fingerprint density at radius 3 is 2.56 bits per heavy atom. The smallest absolute Gasteiger partial charge is 0.255 e. The number of ether oxygens (including phenoxy) is 1. The van der Waals surface area contributed by atoms with Crippen molar-refractivity contribution in [3.63, 3.8) is 0 Å². The van der Waals surface area contributed by atoms with Crippen LogP contribution < -0.4 is 15.8 Å². The number of benzene rings is 1. The first-order chi connectivity index (χ1) is 13.1. The van der Waals surface area contributed by atoms with Crippen molar-refractivity contribution >= 4 is 11.8 Å². The number of nitrogens with two attached hydrogens (primary N) is 1. The number of primary amides is 1. The maximum absolute atomic E-state index is 12.2. The molecule has 6 heteroatoms. The minimum absolute atomic E-state index is 0.0975. The summed E-state index contributed by atoms with van der Waals surface area (Å²) in [6, 6.07) is 7.81. The van der Waals surface area contributed by atoms with Crippen molar-refractivity contribution < 1.29 is 14.3 Å². The van der Waals surface area contributed by atoms with Gasteiger partial charge in [-0.25, -0.2) is 0 Å². The van der Waals surface area contributed by atoms with Gasteiger partial charge in [-0.1, -0.05) is 25.0 Å². The Labute approximate surface area is 161 Å². The normalized spacial score (nSPS) is 21.1. The Hall–Kier alpha value is -2.08. The van der Waals surface area contributed by atoms with Crippen LogP contribution in [0.2, 0.25) is 0 Å². The fourth-order valence-electron chi connectivity index (χ4n) is 4.14. The van der Waals surface area contributed by atoms with Crippen LogP contribution in [0.25, 0.3) is 0 Å². The van der Waals surface area contributed by atoms with Crippen LogP contribution >= 0.6 is 0 Å². The van der Waals surface area contributed by atoms with E-state index in [9.17, 15) is 9.59 Å². The SMILES string of the molecule is NC(=O)COc1ccc(CN2CCCC(CNC(=O)C3CCCC3)C2)cc1. The number of likely N-dealkylation sites (tertiary alicyclic amines) is 1. The molecule has 1 aliphatic carbocycles. The molecule has 0 aromatic heterocycles. The largest absolute Gasteiger partial charge is 0.484 e. The van der Waals surface area contributed by atoms with E-state index in [0.29, 0.717) is 11.7 Å². The standard InChI is InChI=1S/C21H31N3O3/c22-20(25)15-27-19-9-7-16(8-10-19)13-24-11-3-4-17(14-24)12-23-21(26)18-5-1-2-6-18/h7-10,17-18H,1-6,11-15H2,(H2,22,25)(H,23,26). The molecule has 1 saturated heterocycles. The average molecular weight is 373 g/mol. The minimum Gasteiger partial charge on any atom is -0.484 e. The summed E-state index contributed by atoms with van der Waals surface area (Å²) in [5.74, 6) is 1.22. The van der Waals surface area contributed by atoms with E-state index < -0.39 is 5.91 Å². The first kappa shape index (κ1) is 19.7. The van der Waals surface area contributed by atoms with Crippen molar-refractivity contribution in [1.29, 1.82) is 0 Å². The van der Waals surface area contributed by atoms with Gasteiger partial charge in [0.2, 0.25) is 5.91 Å². The van der Waals surface area contributed by atoms with Gasteiger partial charge in [0.15, 0.2) is 6.61 Å². The first-order valence-corrected chi connectivity index (χ1v) is 10.1. The number of rotatable bonds is 8. The van der Waals surface area contributed by atoms with Gasteiger partial charge < -0.3 is 15.8 Å². The number of hydrogen-bond acceptors (Lipinski definition) is 4. The molecule has 3 N–H and O–H groups in total. The molecule has 3 rings (SSSR count). The highest BCUT2D eigenvalue weighted by Gasteiger charge is 2.25. The summed E-state index contributed by atoms with van der Waals surface area (Å²) in [6.45, 7) is 3.70. The zero-order chi connectivity index (χ0) is 19.1. The van der Waals surface area contributed by atoms with Gasteiger partial charge in [0.1, 0.15) is 5.75 Å². The molecule has 1 unspecified atom stereocenters. The lowest BCUT2D eigenvalue weighted by molar-refractivity contribution is -0.125. The van der Waals surface area contributed by atoms with E-state index in [1.807, 2.05) is 24.3 Å². The molecule has 1 aromatic rings. The summed E-state index contributed by atoms with van der Waals surface area (Å²) >= 11 is 0. The van der Waals surface area contributed by atoms with Crippen molar-refractivity contribution in [3.8, 4) is 5.75 Å². The number of carbonyl (C=O) groups excluding carboxylic acids is 2. The van der Waals surface area contributed by atoms with Gasteiger partial charge in [0, 0.05) is 25.6 Å². The predicted octanol–water partition coefficient (Wildman–Crippen LogP) is 2.07. The van der Waals surface area contributed by atoms with E-state index in [0.717, 1.165) is 39.0 Å². The molecule has 2 amide bonds. The van der Waals surface area contributed by atoms with Crippen LogP contribution in [-0.2, 0) is 16.1 Å². The number of hydrogen-bond donors (Lipinski definition) is 2. The molecule has 27 heavy (non-hydrogen) atoms. The fourth-order valence-corrected chi connectivity index (χ4v) is 4.14. The van der Waals surface area contributed by atoms with Crippen molar-refractivity contribution in [3.05, 3.63) is 29.8 Å². The van der Waals surface area contributed by atoms with E-state index in [2.05, 4.69) is 10.2 Å². The van der Waals surface area contributed by atoms with Gasteiger partial charge in [-0.15, -0.1) is 0 Å². The van der Waals surface area contributed by atoms with E-state index in [-0.39, 0.29) is 18.4 Å². The first-order valence-electron chi connectivity index (χ1n) is 10.1. The Kier molecular flexibility index (Phi) is 7.10. The molecule has 1 aliphatic heterocycles. The van der Waals surface area contributed by atoms with E-state index in [1.165, 1.54) is 31.2 Å². The maximum atomic E-state index is 12.2. The molecule has 148 valence electrons. The van der Waals surface area contributed by atoms with Crippen molar-refractivity contribution in [1.82, 2.24) is 10.2 Å². The second-order valence-corrected chi connectivity index (χ2v) is 7.87. The summed E-state index contributed by atoms with van der Waals surface area (Å²) in [7, 11) is 0. The molecule has 2 aliphatic rings. The summed E-state index contributed by atoms with van der Waals surface area (Å²) < 4.78 is 5.30. The molecule has 0 radical (unpaired) electrons. The minimum atomic E-state index is -0.474. The van der Waals surface area contributed by atoms with Gasteiger partial charge in [0.25, 0.3) is 5.91 Å². The second kappa shape index (κ2) is 9.74. The number of nitrogens with zero attached hydrogens (tertiary/aromatic N) is 1. The molecule has 1 saturated carbocycles. The molecule has 1 atom stereocenters. The van der Waals surface area contributed by atoms with Crippen LogP contribution in [-0.4, -0.2) is 43.0 Å². The van der Waals surface area contributed by atoms with Gasteiger partial charge in [-0.05, 0) is 55.8 Å². The Bertz CT molecular complexity index is 626. The quantitative estimate of drug-likeness (QED) is 0.731. The highest BCUT2D eigenvalue weighted by atomic mass is 16.5. The molecular weight excluding hydrogens is 342 g/mol. The third-order valence-electron chi connectivity index (χ3n) is 5.60. The average Bonchev–Trinajstić information content (AvgIpc) is 3.21. The third kappa shape index (κ3) is 6.24. The van der Waals surface area contributed by atoms with Crippen LogP contribution in [0, 0.1) is 11.8 Å². The molecule has 0 bridgehead atoms. The predicted molar refractivity (Wildman–Crippen MR) is 104 cm³/mol. The lowest BCUT2D eigenvalue weighted by Gasteiger charge is -2.33. The van der Waals surface area contributed by atoms with Crippen LogP contribution in [0.15, 0.2) is 24.3 Å². The lowest BCUT2D eigenvalue weighted by Crippen LogP contribution is -2.41. The van der Waals surface area contributed by atoms with E-state index in [1.54, 1.807) is 0 Å². The van der Waals surface area contributed by atoms with E-state index in [4.69, 9.17) is 10.5 Å². The van der Waals surface area contributed by atoms with Crippen molar-refractivity contribution in [2.75, 3.05) is 26.2 Å². The molecule has 1 heterocycles. The monoisotopic (exact) mass is 373 g/mol. The lowest BCUT2D eigenvalue weighted by atomic mass is 9.97. The number of amides is 2. The maximum Gasteiger partial charge on any atom is 0.255 e. The highest BCUT2D eigenvalue weighted by molar-refractivity contribution is 5.78. The molecule has 2 fully saturated rings. The fraction of sp³-hybridized carbons (Fsp3) is 0.619. The molecule has 1 aromatic carbocycles. The van der Waals surface area contributed by atoms with Crippen LogP contribution in [0.4, 0.5) is 0 Å². The Morgan fingerprint density at radius 1 is 1.11 bits per heavy atom. The topological polar surface area (TPSA) is 84.7 Å². The van der Waals surface area contributed by atoms with Gasteiger partial charge in [0.05, 0.1) is 0 Å². The van der Waals surface area contributed by atoms with Gasteiger partial charge in [-0.2, -0.15) is 0 Å². The molecule has 0 spiro atoms. The third-order valence-corrected chi connectivity index (χ3v) is 5.60. The Balaban J connectivity index is 1.42. The number of nitrogens with one attached hydrogen (secondary N) is 1. The zero-order valence-corrected chi connectivity index (χ0v) is 16.0. The summed E-state index contributed by atoms with van der Waals surface area (Å²) in [5.41, 5.74) is 6.31. The van der Waals surface area contributed by atoms with Crippen molar-refractivity contribution in [2.24, 2.45) is 17.6 Å². The number of carbonyl (C=O) groups is 2. The summed E-state index contributed by atoms with van der Waals surface area (Å²) in [5, 5.41) is 3.19. The highest BCUT2D eigenvalue weighted by Crippen LogP contribution is 2.25. The van der Waals surface area contributed by atoms with Crippen LogP contribution in [0.3, 0.4) is 0 Å².